The van der Waals surface area contributed by atoms with Crippen molar-refractivity contribution in [2.75, 3.05) is 0 Å². The number of carbonyl (C=O) groups excluding carboxylic acids is 1. The fourth-order valence-electron chi connectivity index (χ4n) is 2.10. The van der Waals surface area contributed by atoms with Crippen LogP contribution in [0.15, 0.2) is 16.1 Å². The topological polar surface area (TPSA) is 83.4 Å². The highest BCUT2D eigenvalue weighted by Crippen LogP contribution is 2.53. The number of β-lactam (4-membered cyclic amide) rings is 1. The van der Waals surface area contributed by atoms with Gasteiger partial charge in [-0.1, -0.05) is 23.1 Å². The number of carboxylic acids is 1. The number of hydrogen-bond acceptors (Lipinski definition) is 7. The summed E-state index contributed by atoms with van der Waals surface area (Å²) in [5, 5.41) is 18.1. The molecule has 1 aromatic rings. The van der Waals surface area contributed by atoms with Crippen LogP contribution < -0.4 is 0 Å². The highest BCUT2D eigenvalue weighted by Gasteiger charge is 2.49. The van der Waals surface area contributed by atoms with Crippen LogP contribution in [0.1, 0.15) is 18.4 Å². The molecule has 0 saturated carbocycles. The van der Waals surface area contributed by atoms with Crippen LogP contribution in [0.5, 0.6) is 0 Å². The van der Waals surface area contributed by atoms with Crippen molar-refractivity contribution in [2.24, 2.45) is 0 Å². The summed E-state index contributed by atoms with van der Waals surface area (Å²) in [6.07, 6.45) is 2.02. The summed E-state index contributed by atoms with van der Waals surface area (Å²) in [5.41, 5.74) is 0.0706. The molecule has 3 heterocycles. The molecule has 0 aromatic carbocycles. The van der Waals surface area contributed by atoms with Crippen LogP contribution in [0.25, 0.3) is 0 Å². The first-order valence-electron chi connectivity index (χ1n) is 5.83. The van der Waals surface area contributed by atoms with E-state index >= 15 is 0 Å². The molecule has 1 N–H and O–H groups in total. The Kier molecular flexibility index (Phi) is 3.30. The third kappa shape index (κ3) is 2.33. The lowest BCUT2D eigenvalue weighted by Crippen LogP contribution is -2.55. The second-order valence-electron chi connectivity index (χ2n) is 4.58. The Morgan fingerprint density at radius 3 is 2.90 bits per heavy atom. The van der Waals surface area contributed by atoms with E-state index in [-0.39, 0.29) is 17.0 Å². The molecule has 1 saturated heterocycles. The average molecular weight is 329 g/mol. The van der Waals surface area contributed by atoms with E-state index in [1.165, 1.54) is 28.0 Å². The molecule has 2 atom stereocenters. The number of rotatable bonds is 3. The molecular formula is C11H11N3O3S3. The fraction of sp³-hybridized carbons (Fsp3) is 0.455. The largest absolute Gasteiger partial charge is 0.477 e. The van der Waals surface area contributed by atoms with Crippen molar-refractivity contribution >= 4 is 46.7 Å². The Bertz CT molecular complexity index is 629. The average Bonchev–Trinajstić information content (AvgIpc) is 2.72. The standard InChI is InChI=1S/C11H11N3O3S3/c1-5-12-13-10(18-5)20-11(2)4-6(9(16)17)14-7(15)3-8(14)19-11/h4,8H,3H2,1-2H3,(H,16,17)/t8-,11?/m1/s1. The molecule has 106 valence electrons. The molecule has 1 amide bonds. The smallest absolute Gasteiger partial charge is 0.352 e. The maximum Gasteiger partial charge on any atom is 0.352 e. The van der Waals surface area contributed by atoms with Gasteiger partial charge in [-0.15, -0.1) is 22.0 Å². The van der Waals surface area contributed by atoms with E-state index < -0.39 is 10.0 Å². The second kappa shape index (κ2) is 4.74. The van der Waals surface area contributed by atoms with Crippen LogP contribution in [0.2, 0.25) is 0 Å². The van der Waals surface area contributed by atoms with Gasteiger partial charge >= 0.3 is 5.97 Å². The van der Waals surface area contributed by atoms with Gasteiger partial charge in [0, 0.05) is 0 Å². The Hall–Kier alpha value is -1.06. The van der Waals surface area contributed by atoms with Gasteiger partial charge in [-0.2, -0.15) is 0 Å². The number of carbonyl (C=O) groups is 2. The van der Waals surface area contributed by atoms with Gasteiger partial charge in [0.2, 0.25) is 5.91 Å². The number of hydrogen-bond donors (Lipinski definition) is 1. The summed E-state index contributed by atoms with van der Waals surface area (Å²) in [6.45, 7) is 3.82. The molecule has 2 aliphatic rings. The van der Waals surface area contributed by atoms with Crippen molar-refractivity contribution in [3.8, 4) is 0 Å². The van der Waals surface area contributed by atoms with Gasteiger partial charge in [0.25, 0.3) is 0 Å². The first-order valence-corrected chi connectivity index (χ1v) is 8.34. The predicted octanol–water partition coefficient (Wildman–Crippen LogP) is 1.93. The maximum absolute atomic E-state index is 11.5. The molecule has 1 unspecified atom stereocenters. The van der Waals surface area contributed by atoms with Crippen molar-refractivity contribution in [1.29, 1.82) is 0 Å². The summed E-state index contributed by atoms with van der Waals surface area (Å²) in [6, 6.07) is 0. The molecule has 1 aromatic heterocycles. The summed E-state index contributed by atoms with van der Waals surface area (Å²) in [7, 11) is 0. The highest BCUT2D eigenvalue weighted by molar-refractivity contribution is 8.19. The molecule has 2 aliphatic heterocycles. The Balaban J connectivity index is 1.91. The van der Waals surface area contributed by atoms with E-state index in [9.17, 15) is 14.7 Å². The molecule has 9 heteroatoms. The molecule has 0 spiro atoms. The van der Waals surface area contributed by atoms with E-state index in [4.69, 9.17) is 0 Å². The minimum absolute atomic E-state index is 0.0706. The number of fused-ring (bicyclic) bond motifs is 1. The van der Waals surface area contributed by atoms with E-state index in [0.29, 0.717) is 6.42 Å². The number of carboxylic acid groups (broad SMARTS) is 1. The first-order chi connectivity index (χ1) is 9.38. The molecule has 3 rings (SSSR count). The van der Waals surface area contributed by atoms with Crippen molar-refractivity contribution in [3.05, 3.63) is 16.8 Å². The van der Waals surface area contributed by atoms with E-state index in [0.717, 1.165) is 9.35 Å². The number of thioether (sulfide) groups is 2. The van der Waals surface area contributed by atoms with E-state index in [2.05, 4.69) is 10.2 Å². The predicted molar refractivity (Wildman–Crippen MR) is 77.5 cm³/mol. The minimum Gasteiger partial charge on any atom is -0.477 e. The lowest BCUT2D eigenvalue weighted by Gasteiger charge is -2.47. The van der Waals surface area contributed by atoms with E-state index in [1.54, 1.807) is 17.8 Å². The quantitative estimate of drug-likeness (QED) is 0.848. The molecular weight excluding hydrogens is 318 g/mol. The number of nitrogens with zero attached hydrogens (tertiary/aromatic N) is 3. The van der Waals surface area contributed by atoms with Gasteiger partial charge in [-0.25, -0.2) is 4.79 Å². The second-order valence-corrected chi connectivity index (χ2v) is 9.35. The maximum atomic E-state index is 11.5. The normalized spacial score (nSPS) is 28.7. The lowest BCUT2D eigenvalue weighted by molar-refractivity contribution is -0.146. The molecule has 0 bridgehead atoms. The minimum atomic E-state index is -1.07. The monoisotopic (exact) mass is 329 g/mol. The molecule has 0 aliphatic carbocycles. The van der Waals surface area contributed by atoms with Crippen LogP contribution in [-0.2, 0) is 9.59 Å². The van der Waals surface area contributed by atoms with Crippen molar-refractivity contribution in [2.45, 2.75) is 34.1 Å². The summed E-state index contributed by atoms with van der Waals surface area (Å²) in [5.74, 6) is -1.20. The van der Waals surface area contributed by atoms with Crippen molar-refractivity contribution < 1.29 is 14.7 Å². The number of aliphatic carboxylic acids is 1. The summed E-state index contributed by atoms with van der Waals surface area (Å²) in [4.78, 5) is 24.2. The summed E-state index contributed by atoms with van der Waals surface area (Å²) < 4.78 is 0.347. The lowest BCUT2D eigenvalue weighted by atomic mass is 10.1. The van der Waals surface area contributed by atoms with Crippen molar-refractivity contribution in [3.63, 3.8) is 0 Å². The van der Waals surface area contributed by atoms with Gasteiger partial charge in [0.05, 0.1) is 15.9 Å². The highest BCUT2D eigenvalue weighted by atomic mass is 32.2. The Morgan fingerprint density at radius 2 is 2.35 bits per heavy atom. The Labute approximate surface area is 127 Å². The third-order valence-electron chi connectivity index (χ3n) is 2.95. The van der Waals surface area contributed by atoms with Gasteiger partial charge in [0.1, 0.15) is 10.7 Å². The zero-order chi connectivity index (χ0) is 14.5. The SMILES string of the molecule is Cc1nnc(SC2(C)C=C(C(=O)O)N3C(=O)C[C@H]3S2)s1. The van der Waals surface area contributed by atoms with Crippen LogP contribution >= 0.6 is 34.9 Å². The zero-order valence-electron chi connectivity index (χ0n) is 10.7. The number of amides is 1. The number of aromatic nitrogens is 2. The van der Waals surface area contributed by atoms with Gasteiger partial charge in [0.15, 0.2) is 4.34 Å². The molecule has 20 heavy (non-hydrogen) atoms. The molecule has 6 nitrogen and oxygen atoms in total. The molecule has 0 radical (unpaired) electrons. The van der Waals surface area contributed by atoms with Crippen LogP contribution in [0.4, 0.5) is 0 Å². The third-order valence-corrected chi connectivity index (χ3v) is 6.64. The molecule has 1 fully saturated rings. The van der Waals surface area contributed by atoms with E-state index in [1.807, 2.05) is 13.8 Å². The summed E-state index contributed by atoms with van der Waals surface area (Å²) >= 11 is 4.54. The van der Waals surface area contributed by atoms with Crippen molar-refractivity contribution in [1.82, 2.24) is 15.1 Å². The Morgan fingerprint density at radius 1 is 1.60 bits per heavy atom. The zero-order valence-corrected chi connectivity index (χ0v) is 13.1. The van der Waals surface area contributed by atoms with Crippen LogP contribution in [0, 0.1) is 6.92 Å². The number of aryl methyl sites for hydroxylation is 1. The van der Waals surface area contributed by atoms with Crippen LogP contribution in [0.3, 0.4) is 0 Å². The van der Waals surface area contributed by atoms with Crippen LogP contribution in [-0.4, -0.2) is 41.5 Å². The van der Waals surface area contributed by atoms with Gasteiger partial charge in [-0.3, -0.25) is 9.69 Å². The fourth-order valence-corrected chi connectivity index (χ4v) is 6.37. The van der Waals surface area contributed by atoms with Gasteiger partial charge in [-0.05, 0) is 19.9 Å². The van der Waals surface area contributed by atoms with Gasteiger partial charge < -0.3 is 5.11 Å². The first kappa shape index (κ1) is 13.9.